The van der Waals surface area contributed by atoms with Gasteiger partial charge in [-0.05, 0) is 48.5 Å². The number of rotatable bonds is 13. The van der Waals surface area contributed by atoms with E-state index in [0.717, 1.165) is 47.5 Å². The van der Waals surface area contributed by atoms with E-state index < -0.39 is 24.3 Å². The van der Waals surface area contributed by atoms with Crippen LogP contribution >= 0.6 is 11.3 Å². The minimum absolute atomic E-state index is 0.0275. The predicted octanol–water partition coefficient (Wildman–Crippen LogP) is 4.79. The Morgan fingerprint density at radius 3 is 1.88 bits per heavy atom. The standard InChI is InChI=1S/C27H38N4O3S.2C2HF3O2/c1-27(2,3)19-31(23(33)13-16-28-14-11-20-7-5-4-6-8-20)18-17-29-15-12-21-9-10-22(32)24-25(21)35-26(34)30-24;2*3-2(4,5)1(6)7/h4-10,28-29,32H,11-19H2,1-3H3,(H,30,34);2*(H,6,7). The first kappa shape index (κ1) is 42.9. The van der Waals surface area contributed by atoms with E-state index in [9.17, 15) is 41.0 Å². The van der Waals surface area contributed by atoms with Crippen molar-refractivity contribution in [3.8, 4) is 5.75 Å². The largest absolute Gasteiger partial charge is 0.506 e. The van der Waals surface area contributed by atoms with E-state index >= 15 is 0 Å². The first-order valence-corrected chi connectivity index (χ1v) is 15.6. The fraction of sp³-hybridized carbons (Fsp3) is 0.484. The smallest absolute Gasteiger partial charge is 0.490 e. The molecule has 0 saturated carbocycles. The second-order valence-electron chi connectivity index (χ2n) is 11.7. The zero-order valence-corrected chi connectivity index (χ0v) is 27.8. The van der Waals surface area contributed by atoms with Crippen LogP contribution in [0.5, 0.6) is 5.75 Å². The lowest BCUT2D eigenvalue weighted by molar-refractivity contribution is -0.193. The van der Waals surface area contributed by atoms with E-state index in [1.165, 1.54) is 5.56 Å². The molecular formula is C31H40F6N4O7S. The number of nitrogens with one attached hydrogen (secondary N) is 3. The zero-order chi connectivity index (χ0) is 37.4. The van der Waals surface area contributed by atoms with E-state index in [4.69, 9.17) is 19.8 Å². The number of thiazole rings is 1. The summed E-state index contributed by atoms with van der Waals surface area (Å²) in [7, 11) is 0. The van der Waals surface area contributed by atoms with E-state index in [0.29, 0.717) is 38.1 Å². The van der Waals surface area contributed by atoms with Gasteiger partial charge in [-0.25, -0.2) is 9.59 Å². The van der Waals surface area contributed by atoms with Crippen molar-refractivity contribution in [3.63, 3.8) is 0 Å². The van der Waals surface area contributed by atoms with Crippen LogP contribution in [-0.4, -0.2) is 94.7 Å². The summed E-state index contributed by atoms with van der Waals surface area (Å²) in [5.41, 5.74) is 2.86. The average Bonchev–Trinajstić information content (AvgIpc) is 3.39. The molecule has 0 aliphatic rings. The van der Waals surface area contributed by atoms with Crippen molar-refractivity contribution in [1.82, 2.24) is 20.5 Å². The maximum absolute atomic E-state index is 12.9. The fourth-order valence-electron chi connectivity index (χ4n) is 4.05. The van der Waals surface area contributed by atoms with Crippen LogP contribution in [0.25, 0.3) is 10.2 Å². The van der Waals surface area contributed by atoms with Gasteiger partial charge in [0.05, 0.1) is 4.70 Å². The molecule has 11 nitrogen and oxygen atoms in total. The van der Waals surface area contributed by atoms with Crippen molar-refractivity contribution >= 4 is 39.4 Å². The quantitative estimate of drug-likeness (QED) is 0.107. The lowest BCUT2D eigenvalue weighted by Crippen LogP contribution is -2.42. The number of nitrogens with zero attached hydrogens (tertiary/aromatic N) is 1. The molecule has 6 N–H and O–H groups in total. The Bertz CT molecular complexity index is 1510. The molecule has 0 saturated heterocycles. The molecule has 0 atom stereocenters. The van der Waals surface area contributed by atoms with E-state index in [-0.39, 0.29) is 21.9 Å². The minimum atomic E-state index is -5.08. The van der Waals surface area contributed by atoms with Crippen LogP contribution in [0.3, 0.4) is 0 Å². The number of aromatic nitrogens is 1. The summed E-state index contributed by atoms with van der Waals surface area (Å²) in [4.78, 5) is 46.9. The van der Waals surface area contributed by atoms with E-state index in [1.54, 1.807) is 6.07 Å². The van der Waals surface area contributed by atoms with Gasteiger partial charge in [-0.3, -0.25) is 9.59 Å². The van der Waals surface area contributed by atoms with Gasteiger partial charge < -0.3 is 35.8 Å². The topological polar surface area (TPSA) is 172 Å². The summed E-state index contributed by atoms with van der Waals surface area (Å²) in [6, 6.07) is 13.8. The third kappa shape index (κ3) is 17.7. The lowest BCUT2D eigenvalue weighted by Gasteiger charge is -2.30. The van der Waals surface area contributed by atoms with Crippen LogP contribution in [-0.2, 0) is 27.2 Å². The van der Waals surface area contributed by atoms with Gasteiger partial charge >= 0.3 is 29.2 Å². The lowest BCUT2D eigenvalue weighted by atomic mass is 9.96. The number of carboxylic acid groups (broad SMARTS) is 2. The third-order valence-corrected chi connectivity index (χ3v) is 7.18. The Kier molecular flexibility index (Phi) is 17.3. The SMILES string of the molecule is CC(C)(C)CN(CCNCCc1ccc(O)c2[nH]c(=O)sc12)C(=O)CCNCCc1ccccc1.O=C(O)C(F)(F)F.O=C(O)C(F)(F)F. The van der Waals surface area contributed by atoms with Crippen molar-refractivity contribution in [2.75, 3.05) is 39.3 Å². The first-order chi connectivity index (χ1) is 22.6. The van der Waals surface area contributed by atoms with Gasteiger partial charge in [0.15, 0.2) is 0 Å². The average molecular weight is 727 g/mol. The summed E-state index contributed by atoms with van der Waals surface area (Å²) in [6.45, 7) is 10.8. The molecule has 274 valence electrons. The Morgan fingerprint density at radius 2 is 1.35 bits per heavy atom. The van der Waals surface area contributed by atoms with Gasteiger partial charge in [-0.15, -0.1) is 0 Å². The number of halogens is 6. The Hall–Kier alpha value is -4.16. The van der Waals surface area contributed by atoms with Crippen LogP contribution < -0.4 is 15.5 Å². The number of aromatic hydroxyl groups is 1. The maximum Gasteiger partial charge on any atom is 0.490 e. The highest BCUT2D eigenvalue weighted by Gasteiger charge is 2.38. The second kappa shape index (κ2) is 19.7. The molecule has 0 bridgehead atoms. The molecule has 49 heavy (non-hydrogen) atoms. The zero-order valence-electron chi connectivity index (χ0n) is 27.0. The molecule has 0 aliphatic carbocycles. The summed E-state index contributed by atoms with van der Waals surface area (Å²) in [5.74, 6) is -5.24. The number of fused-ring (bicyclic) bond motifs is 1. The summed E-state index contributed by atoms with van der Waals surface area (Å²) >= 11 is 1.12. The van der Waals surface area contributed by atoms with Crippen molar-refractivity contribution in [3.05, 3.63) is 63.3 Å². The highest BCUT2D eigenvalue weighted by Crippen LogP contribution is 2.27. The van der Waals surface area contributed by atoms with Gasteiger partial charge in [0.1, 0.15) is 11.3 Å². The minimum Gasteiger partial charge on any atom is -0.506 e. The number of aliphatic carboxylic acids is 2. The number of carbonyl (C=O) groups is 3. The van der Waals surface area contributed by atoms with Crippen molar-refractivity contribution in [2.45, 2.75) is 52.4 Å². The number of alkyl halides is 6. The molecule has 0 fully saturated rings. The number of phenolic OH excluding ortho intramolecular Hbond substituents is 1. The molecule has 0 spiro atoms. The highest BCUT2D eigenvalue weighted by atomic mass is 32.1. The first-order valence-electron chi connectivity index (χ1n) is 14.8. The van der Waals surface area contributed by atoms with E-state index in [2.05, 4.69) is 48.5 Å². The second-order valence-corrected chi connectivity index (χ2v) is 12.7. The molecule has 1 heterocycles. The van der Waals surface area contributed by atoms with Crippen molar-refractivity contribution < 1.29 is 56.0 Å². The monoisotopic (exact) mass is 726 g/mol. The van der Waals surface area contributed by atoms with Gasteiger partial charge in [-0.1, -0.05) is 68.5 Å². The summed E-state index contributed by atoms with van der Waals surface area (Å²) in [6.07, 6.45) is -7.98. The molecule has 2 aromatic carbocycles. The van der Waals surface area contributed by atoms with Crippen LogP contribution in [0.15, 0.2) is 47.3 Å². The molecule has 0 aliphatic heterocycles. The molecule has 1 aromatic heterocycles. The van der Waals surface area contributed by atoms with Crippen molar-refractivity contribution in [1.29, 1.82) is 0 Å². The van der Waals surface area contributed by atoms with Crippen LogP contribution in [0, 0.1) is 5.41 Å². The Balaban J connectivity index is 0.000000717. The number of amides is 1. The van der Waals surface area contributed by atoms with Gasteiger partial charge in [0.2, 0.25) is 5.91 Å². The number of phenols is 1. The van der Waals surface area contributed by atoms with Crippen LogP contribution in [0.4, 0.5) is 26.3 Å². The van der Waals surface area contributed by atoms with Crippen molar-refractivity contribution in [2.24, 2.45) is 5.41 Å². The number of aromatic amines is 1. The third-order valence-electron chi connectivity index (χ3n) is 6.22. The summed E-state index contributed by atoms with van der Waals surface area (Å²) in [5, 5.41) is 31.0. The Morgan fingerprint density at radius 1 is 0.816 bits per heavy atom. The molecule has 18 heteroatoms. The number of carboxylic acids is 2. The number of H-pyrrole nitrogens is 1. The molecule has 3 rings (SSSR count). The molecule has 1 amide bonds. The molecule has 3 aromatic rings. The molecular weight excluding hydrogens is 686 g/mol. The molecule has 0 radical (unpaired) electrons. The number of hydrogen-bond acceptors (Lipinski definition) is 8. The summed E-state index contributed by atoms with van der Waals surface area (Å²) < 4.78 is 64.3. The fourth-order valence-corrected chi connectivity index (χ4v) is 4.95. The van der Waals surface area contributed by atoms with Gasteiger partial charge in [-0.2, -0.15) is 26.3 Å². The number of carbonyl (C=O) groups excluding carboxylic acids is 1. The van der Waals surface area contributed by atoms with Gasteiger partial charge in [0.25, 0.3) is 0 Å². The Labute approximate surface area is 281 Å². The maximum atomic E-state index is 12.9. The van der Waals surface area contributed by atoms with Gasteiger partial charge in [0, 0.05) is 32.6 Å². The number of hydrogen-bond donors (Lipinski definition) is 6. The van der Waals surface area contributed by atoms with Crippen LogP contribution in [0.1, 0.15) is 38.3 Å². The van der Waals surface area contributed by atoms with E-state index in [1.807, 2.05) is 29.2 Å². The van der Waals surface area contributed by atoms with Crippen LogP contribution in [0.2, 0.25) is 0 Å². The number of benzene rings is 2. The predicted molar refractivity (Wildman–Crippen MR) is 172 cm³/mol. The molecule has 0 unspecified atom stereocenters. The highest BCUT2D eigenvalue weighted by molar-refractivity contribution is 7.16. The normalized spacial score (nSPS) is 11.6.